The minimum atomic E-state index is -4.35. The maximum atomic E-state index is 13.0. The standard InChI is InChI=1S/C70H125N2O6P/c1-6-8-10-12-14-16-18-20-22-24-26-28-30-32-34-36-38-40-42-44-46-48-50-52-54-56-58-60-62-64-70(74)71-68(67-78-79(75,76)77-66-65-72(3,4)5)69(73)63-61-59-57-55-53-51-49-47-45-43-41-39-37-35-33-31-29-27-25-23-21-19-17-15-13-11-9-7-2/h8,10,14,16,20,22,26,28,32,34,38,40,44,46,50,52,56,58,68-69,73H,6-7,9,11-13,15,17-19,21,23-25,27,29-31,33,35-37,39,41-43,45,47-49,51,53-55,57,59-67H2,1-5H3,(H-,71,74,75,76)/p+1/b10-8-,16-14-,22-20-,28-26-,34-32-,40-38-,46-44-,52-50-,58-56-. The van der Waals surface area contributed by atoms with Gasteiger partial charge in [-0.15, -0.1) is 0 Å². The second-order valence-electron chi connectivity index (χ2n) is 23.1. The van der Waals surface area contributed by atoms with Crippen LogP contribution in [0.25, 0.3) is 0 Å². The molecule has 0 aliphatic carbocycles. The number of unbranched alkanes of at least 4 members (excludes halogenated alkanes) is 28. The zero-order valence-corrected chi connectivity index (χ0v) is 53.0. The topological polar surface area (TPSA) is 105 Å². The van der Waals surface area contributed by atoms with Crippen molar-refractivity contribution >= 4 is 13.7 Å². The number of amides is 1. The first kappa shape index (κ1) is 76.2. The molecule has 0 fully saturated rings. The highest BCUT2D eigenvalue weighted by molar-refractivity contribution is 7.47. The summed E-state index contributed by atoms with van der Waals surface area (Å²) >= 11 is 0. The van der Waals surface area contributed by atoms with Gasteiger partial charge >= 0.3 is 7.82 Å². The average molecular weight is 1120 g/mol. The molecule has 456 valence electrons. The lowest BCUT2D eigenvalue weighted by Gasteiger charge is -2.26. The fourth-order valence-electron chi connectivity index (χ4n) is 9.23. The number of hydrogen-bond donors (Lipinski definition) is 3. The first-order valence-corrected chi connectivity index (χ1v) is 34.2. The monoisotopic (exact) mass is 1120 g/mol. The van der Waals surface area contributed by atoms with Gasteiger partial charge in [-0.2, -0.15) is 0 Å². The van der Waals surface area contributed by atoms with Crippen LogP contribution in [0.15, 0.2) is 109 Å². The molecule has 0 rings (SSSR count). The number of rotatable bonds is 59. The SMILES string of the molecule is CC/C=C\C/C=C\C/C=C\C/C=C\C/C=C\C/C=C\C/C=C\C/C=C\C/C=C\CCCC(=O)NC(COP(=O)(O)OCC[N+](C)(C)C)C(O)CCCCCCCCCCCCCCCCCCCCCCCCCCCCCC. The molecule has 0 saturated carbocycles. The Kier molecular flexibility index (Phi) is 57.6. The Labute approximate surface area is 489 Å². The van der Waals surface area contributed by atoms with Crippen molar-refractivity contribution in [2.45, 2.75) is 289 Å². The van der Waals surface area contributed by atoms with E-state index in [9.17, 15) is 19.4 Å². The molecule has 0 heterocycles. The predicted octanol–water partition coefficient (Wildman–Crippen LogP) is 20.7. The Balaban J connectivity index is 4.23. The molecule has 3 atom stereocenters. The molecule has 3 N–H and O–H groups in total. The average Bonchev–Trinajstić information content (AvgIpc) is 3.42. The number of hydrogen-bond acceptors (Lipinski definition) is 5. The molecular weight excluding hydrogens is 996 g/mol. The first-order chi connectivity index (χ1) is 38.5. The van der Waals surface area contributed by atoms with Crippen LogP contribution < -0.4 is 5.32 Å². The summed E-state index contributed by atoms with van der Waals surface area (Å²) < 4.78 is 23.8. The van der Waals surface area contributed by atoms with Crippen LogP contribution in [0.1, 0.15) is 277 Å². The maximum absolute atomic E-state index is 13.0. The fourth-order valence-corrected chi connectivity index (χ4v) is 9.96. The predicted molar refractivity (Wildman–Crippen MR) is 345 cm³/mol. The van der Waals surface area contributed by atoms with Crippen LogP contribution in [0.4, 0.5) is 0 Å². The van der Waals surface area contributed by atoms with Gasteiger partial charge in [-0.05, 0) is 77.0 Å². The molecule has 1 amide bonds. The third-order valence-corrected chi connectivity index (χ3v) is 15.3. The Bertz CT molecular complexity index is 1650. The number of aliphatic hydroxyl groups excluding tert-OH is 1. The summed E-state index contributed by atoms with van der Waals surface area (Å²) in [4.78, 5) is 23.4. The lowest BCUT2D eigenvalue weighted by molar-refractivity contribution is -0.870. The van der Waals surface area contributed by atoms with Crippen molar-refractivity contribution in [3.8, 4) is 0 Å². The highest BCUT2D eigenvalue weighted by atomic mass is 31.2. The number of carbonyl (C=O) groups excluding carboxylic acids is 1. The summed E-state index contributed by atoms with van der Waals surface area (Å²) in [5.74, 6) is -0.203. The minimum absolute atomic E-state index is 0.0581. The van der Waals surface area contributed by atoms with E-state index < -0.39 is 20.0 Å². The van der Waals surface area contributed by atoms with Crippen molar-refractivity contribution in [2.75, 3.05) is 40.9 Å². The van der Waals surface area contributed by atoms with E-state index in [0.717, 1.165) is 83.5 Å². The van der Waals surface area contributed by atoms with Gasteiger partial charge in [0.25, 0.3) is 0 Å². The molecule has 0 radical (unpaired) electrons. The summed E-state index contributed by atoms with van der Waals surface area (Å²) in [5.41, 5.74) is 0. The van der Waals surface area contributed by atoms with Crippen molar-refractivity contribution in [1.29, 1.82) is 0 Å². The molecule has 0 aromatic rings. The van der Waals surface area contributed by atoms with Crippen molar-refractivity contribution < 1.29 is 32.9 Å². The largest absolute Gasteiger partial charge is 0.472 e. The Morgan fingerprint density at radius 1 is 0.443 bits per heavy atom. The van der Waals surface area contributed by atoms with Crippen LogP contribution in [-0.2, 0) is 18.4 Å². The second kappa shape index (κ2) is 59.8. The summed E-state index contributed by atoms with van der Waals surface area (Å²) in [7, 11) is 1.57. The van der Waals surface area contributed by atoms with Gasteiger partial charge in [0, 0.05) is 6.42 Å². The summed E-state index contributed by atoms with van der Waals surface area (Å²) in [6.07, 6.45) is 87.5. The number of nitrogens with one attached hydrogen (secondary N) is 1. The van der Waals surface area contributed by atoms with Gasteiger partial charge in [-0.1, -0.05) is 303 Å². The van der Waals surface area contributed by atoms with Crippen molar-refractivity contribution in [2.24, 2.45) is 0 Å². The Hall–Kier alpha value is -2.84. The molecule has 0 aromatic heterocycles. The number of allylic oxidation sites excluding steroid dienone is 18. The van der Waals surface area contributed by atoms with Crippen molar-refractivity contribution in [3.05, 3.63) is 109 Å². The van der Waals surface area contributed by atoms with Gasteiger partial charge < -0.3 is 19.8 Å². The summed E-state index contributed by atoms with van der Waals surface area (Å²) in [5, 5.41) is 14.1. The molecule has 0 spiro atoms. The molecule has 0 aromatic carbocycles. The fraction of sp³-hybridized carbons (Fsp3) is 0.729. The van der Waals surface area contributed by atoms with Crippen LogP contribution in [-0.4, -0.2) is 73.4 Å². The molecule has 0 bridgehead atoms. The Morgan fingerprint density at radius 3 is 1.06 bits per heavy atom. The summed E-state index contributed by atoms with van der Waals surface area (Å²) in [6.45, 7) is 4.75. The number of phosphoric ester groups is 1. The number of nitrogens with zero attached hydrogens (tertiary/aromatic N) is 1. The molecular formula is C70H126N2O6P+. The summed E-state index contributed by atoms with van der Waals surface area (Å²) in [6, 6.07) is -0.802. The zero-order chi connectivity index (χ0) is 57.7. The Morgan fingerprint density at radius 2 is 0.747 bits per heavy atom. The number of aliphatic hydroxyl groups is 1. The molecule has 8 nitrogen and oxygen atoms in total. The number of likely N-dealkylation sites (N-methyl/N-ethyl adjacent to an activating group) is 1. The smallest absolute Gasteiger partial charge is 0.391 e. The van der Waals surface area contributed by atoms with Crippen LogP contribution in [0.3, 0.4) is 0 Å². The van der Waals surface area contributed by atoms with Gasteiger partial charge in [-0.3, -0.25) is 13.8 Å². The number of quaternary nitrogens is 1. The van der Waals surface area contributed by atoms with Crippen molar-refractivity contribution in [3.63, 3.8) is 0 Å². The van der Waals surface area contributed by atoms with E-state index in [1.54, 1.807) is 0 Å². The van der Waals surface area contributed by atoms with Crippen LogP contribution in [0, 0.1) is 0 Å². The van der Waals surface area contributed by atoms with Crippen molar-refractivity contribution in [1.82, 2.24) is 5.32 Å². The molecule has 3 unspecified atom stereocenters. The van der Waals surface area contributed by atoms with E-state index in [1.807, 2.05) is 21.1 Å². The highest BCUT2D eigenvalue weighted by Gasteiger charge is 2.28. The quantitative estimate of drug-likeness (QED) is 0.0243. The van der Waals surface area contributed by atoms with Gasteiger partial charge in [0.05, 0.1) is 39.9 Å². The first-order valence-electron chi connectivity index (χ1n) is 32.8. The lowest BCUT2D eigenvalue weighted by Crippen LogP contribution is -2.46. The highest BCUT2D eigenvalue weighted by Crippen LogP contribution is 2.43. The molecule has 0 aliphatic rings. The maximum Gasteiger partial charge on any atom is 0.472 e. The van der Waals surface area contributed by atoms with E-state index in [2.05, 4.69) is 129 Å². The van der Waals surface area contributed by atoms with Gasteiger partial charge in [0.15, 0.2) is 0 Å². The number of phosphoric acid groups is 1. The van der Waals surface area contributed by atoms with E-state index in [4.69, 9.17) is 9.05 Å². The van der Waals surface area contributed by atoms with Gasteiger partial charge in [0.1, 0.15) is 13.2 Å². The van der Waals surface area contributed by atoms with E-state index in [0.29, 0.717) is 30.3 Å². The molecule has 79 heavy (non-hydrogen) atoms. The van der Waals surface area contributed by atoms with E-state index in [-0.39, 0.29) is 19.1 Å². The van der Waals surface area contributed by atoms with Gasteiger partial charge in [-0.25, -0.2) is 4.57 Å². The van der Waals surface area contributed by atoms with Crippen LogP contribution in [0.2, 0.25) is 0 Å². The zero-order valence-electron chi connectivity index (χ0n) is 52.1. The minimum Gasteiger partial charge on any atom is -0.391 e. The normalized spacial score (nSPS) is 14.5. The van der Waals surface area contributed by atoms with Gasteiger partial charge in [0.2, 0.25) is 5.91 Å². The molecule has 0 saturated heterocycles. The third kappa shape index (κ3) is 62.6. The molecule has 9 heteroatoms. The van der Waals surface area contributed by atoms with E-state index >= 15 is 0 Å². The third-order valence-electron chi connectivity index (χ3n) is 14.3. The molecule has 0 aliphatic heterocycles. The number of carbonyl (C=O) groups is 1. The van der Waals surface area contributed by atoms with Crippen LogP contribution in [0.5, 0.6) is 0 Å². The second-order valence-corrected chi connectivity index (χ2v) is 24.6. The van der Waals surface area contributed by atoms with Crippen LogP contribution >= 0.6 is 7.82 Å². The lowest BCUT2D eigenvalue weighted by atomic mass is 10.0. The van der Waals surface area contributed by atoms with E-state index in [1.165, 1.54) is 161 Å².